The summed E-state index contributed by atoms with van der Waals surface area (Å²) >= 11 is 0. The molecule has 18 heavy (non-hydrogen) atoms. The zero-order valence-corrected chi connectivity index (χ0v) is 10.8. The lowest BCUT2D eigenvalue weighted by Gasteiger charge is -2.39. The molecule has 1 saturated carbocycles. The van der Waals surface area contributed by atoms with Crippen molar-refractivity contribution in [2.75, 3.05) is 13.2 Å². The van der Waals surface area contributed by atoms with Gasteiger partial charge < -0.3 is 10.2 Å². The summed E-state index contributed by atoms with van der Waals surface area (Å²) in [6.45, 7) is 1.91. The lowest BCUT2D eigenvalue weighted by atomic mass is 10.0. The lowest BCUT2D eigenvalue weighted by Crippen LogP contribution is -2.64. The van der Waals surface area contributed by atoms with Crippen LogP contribution in [0.1, 0.15) is 39.0 Å². The van der Waals surface area contributed by atoms with E-state index in [0.717, 1.165) is 19.3 Å². The van der Waals surface area contributed by atoms with Gasteiger partial charge >= 0.3 is 0 Å². The molecule has 0 bridgehead atoms. The summed E-state index contributed by atoms with van der Waals surface area (Å²) in [5.41, 5.74) is 0. The van der Waals surface area contributed by atoms with Crippen molar-refractivity contribution in [3.8, 4) is 0 Å². The topological polar surface area (TPSA) is 49.4 Å². The van der Waals surface area contributed by atoms with Crippen LogP contribution in [0, 0.1) is 5.92 Å². The summed E-state index contributed by atoms with van der Waals surface area (Å²) < 4.78 is 12.3. The maximum absolute atomic E-state index is 12.3. The Kier molecular flexibility index (Phi) is 4.19. The average Bonchev–Trinajstić information content (AvgIpc) is 3.16. The largest absolute Gasteiger partial charge is 0.342 e. The maximum atomic E-state index is 12.3. The normalized spacial score (nSPS) is 28.4. The van der Waals surface area contributed by atoms with E-state index in [-0.39, 0.29) is 23.8 Å². The first-order valence-electron chi connectivity index (χ1n) is 6.85. The fourth-order valence-electron chi connectivity index (χ4n) is 2.64. The third kappa shape index (κ3) is 2.65. The molecule has 102 valence electrons. The summed E-state index contributed by atoms with van der Waals surface area (Å²) in [5, 5.41) is 2.82. The molecule has 0 radical (unpaired) electrons. The van der Waals surface area contributed by atoms with Gasteiger partial charge in [-0.3, -0.25) is 14.0 Å². The van der Waals surface area contributed by atoms with Gasteiger partial charge in [-0.05, 0) is 31.6 Å². The van der Waals surface area contributed by atoms with Crippen molar-refractivity contribution >= 4 is 11.8 Å². The minimum absolute atomic E-state index is 0.0261. The Morgan fingerprint density at radius 2 is 2.11 bits per heavy atom. The van der Waals surface area contributed by atoms with Gasteiger partial charge in [0.25, 0.3) is 0 Å². The Labute approximate surface area is 107 Å². The van der Waals surface area contributed by atoms with Crippen molar-refractivity contribution in [1.82, 2.24) is 10.2 Å². The molecule has 0 aromatic heterocycles. The molecule has 1 N–H and O–H groups in total. The van der Waals surface area contributed by atoms with Gasteiger partial charge in [0.1, 0.15) is 12.1 Å². The van der Waals surface area contributed by atoms with E-state index in [2.05, 4.69) is 5.32 Å². The number of nitrogens with zero attached hydrogens (tertiary/aromatic N) is 1. The van der Waals surface area contributed by atoms with Gasteiger partial charge in [-0.15, -0.1) is 0 Å². The van der Waals surface area contributed by atoms with Gasteiger partial charge in [-0.1, -0.05) is 13.3 Å². The zero-order valence-electron chi connectivity index (χ0n) is 10.8. The van der Waals surface area contributed by atoms with E-state index in [1.807, 2.05) is 6.92 Å². The highest BCUT2D eigenvalue weighted by atomic mass is 19.1. The van der Waals surface area contributed by atoms with E-state index in [0.29, 0.717) is 19.4 Å². The molecule has 2 amide bonds. The highest BCUT2D eigenvalue weighted by Gasteiger charge is 2.47. The molecule has 2 atom stereocenters. The van der Waals surface area contributed by atoms with Crippen LogP contribution in [0.25, 0.3) is 0 Å². The number of carbonyl (C=O) groups is 2. The molecule has 1 saturated heterocycles. The first kappa shape index (κ1) is 13.3. The Morgan fingerprint density at radius 3 is 2.67 bits per heavy atom. The quantitative estimate of drug-likeness (QED) is 0.777. The Morgan fingerprint density at radius 1 is 1.39 bits per heavy atom. The molecule has 0 aromatic rings. The molecular formula is C13H21FN2O2. The minimum atomic E-state index is -0.443. The molecule has 2 aliphatic rings. The van der Waals surface area contributed by atoms with Crippen LogP contribution in [-0.2, 0) is 9.59 Å². The van der Waals surface area contributed by atoms with Crippen LogP contribution in [0.5, 0.6) is 0 Å². The number of halogens is 1. The summed E-state index contributed by atoms with van der Waals surface area (Å²) in [6, 6.07) is -0.755. The van der Waals surface area contributed by atoms with Crippen LogP contribution in [0.4, 0.5) is 4.39 Å². The van der Waals surface area contributed by atoms with Crippen molar-refractivity contribution in [1.29, 1.82) is 0 Å². The van der Waals surface area contributed by atoms with E-state index < -0.39 is 12.7 Å². The smallest absolute Gasteiger partial charge is 0.245 e. The minimum Gasteiger partial charge on any atom is -0.342 e. The van der Waals surface area contributed by atoms with Crippen molar-refractivity contribution in [3.63, 3.8) is 0 Å². The maximum Gasteiger partial charge on any atom is 0.245 e. The van der Waals surface area contributed by atoms with Gasteiger partial charge in [-0.2, -0.15) is 0 Å². The van der Waals surface area contributed by atoms with Crippen LogP contribution in [0.15, 0.2) is 0 Å². The number of carbonyl (C=O) groups excluding carboxylic acids is 2. The number of rotatable bonds is 6. The fraction of sp³-hybridized carbons (Fsp3) is 0.846. The van der Waals surface area contributed by atoms with Gasteiger partial charge in [0.05, 0.1) is 6.67 Å². The van der Waals surface area contributed by atoms with Gasteiger partial charge in [0.15, 0.2) is 0 Å². The van der Waals surface area contributed by atoms with Crippen molar-refractivity contribution in [3.05, 3.63) is 0 Å². The molecule has 2 unspecified atom stereocenters. The van der Waals surface area contributed by atoms with Gasteiger partial charge in [-0.25, -0.2) is 0 Å². The first-order valence-corrected chi connectivity index (χ1v) is 6.85. The molecule has 2 fully saturated rings. The van der Waals surface area contributed by atoms with Crippen LogP contribution in [0.3, 0.4) is 0 Å². The summed E-state index contributed by atoms with van der Waals surface area (Å²) in [4.78, 5) is 26.0. The predicted molar refractivity (Wildman–Crippen MR) is 65.7 cm³/mol. The van der Waals surface area contributed by atoms with E-state index in [1.54, 1.807) is 4.90 Å². The number of hydrogen-bond acceptors (Lipinski definition) is 2. The summed E-state index contributed by atoms with van der Waals surface area (Å²) in [6.07, 6.45) is 3.82. The number of piperazine rings is 1. The molecule has 1 aliphatic carbocycles. The molecule has 4 nitrogen and oxygen atoms in total. The second-order valence-electron chi connectivity index (χ2n) is 5.21. The fourth-order valence-corrected chi connectivity index (χ4v) is 2.64. The van der Waals surface area contributed by atoms with Crippen molar-refractivity contribution < 1.29 is 14.0 Å². The van der Waals surface area contributed by atoms with Crippen LogP contribution in [0.2, 0.25) is 0 Å². The molecule has 2 rings (SSSR count). The SMILES string of the molecule is CCCC1NC(=O)C(C2CC2)N(CCCF)C1=O. The summed E-state index contributed by atoms with van der Waals surface area (Å²) in [5.74, 6) is 0.215. The van der Waals surface area contributed by atoms with E-state index in [1.165, 1.54) is 0 Å². The molecule has 0 aromatic carbocycles. The van der Waals surface area contributed by atoms with Gasteiger partial charge in [0, 0.05) is 6.54 Å². The number of amides is 2. The lowest BCUT2D eigenvalue weighted by molar-refractivity contribution is -0.150. The van der Waals surface area contributed by atoms with E-state index in [9.17, 15) is 14.0 Å². The molecule has 5 heteroatoms. The Hall–Kier alpha value is -1.13. The highest BCUT2D eigenvalue weighted by molar-refractivity contribution is 5.97. The van der Waals surface area contributed by atoms with Crippen LogP contribution in [-0.4, -0.2) is 42.0 Å². The van der Waals surface area contributed by atoms with Crippen molar-refractivity contribution in [2.45, 2.75) is 51.1 Å². The zero-order chi connectivity index (χ0) is 13.1. The van der Waals surface area contributed by atoms with E-state index in [4.69, 9.17) is 0 Å². The predicted octanol–water partition coefficient (Wildman–Crippen LogP) is 1.25. The Balaban J connectivity index is 2.10. The standard InChI is InChI=1S/C13H21FN2O2/c1-2-4-10-13(18)16(8-3-7-14)11(9-5-6-9)12(17)15-10/h9-11H,2-8H2,1H3,(H,15,17). The second-order valence-corrected chi connectivity index (χ2v) is 5.21. The highest BCUT2D eigenvalue weighted by Crippen LogP contribution is 2.37. The third-order valence-corrected chi connectivity index (χ3v) is 3.68. The third-order valence-electron chi connectivity index (χ3n) is 3.68. The van der Waals surface area contributed by atoms with E-state index >= 15 is 0 Å². The number of nitrogens with one attached hydrogen (secondary N) is 1. The van der Waals surface area contributed by atoms with Gasteiger partial charge in [0.2, 0.25) is 11.8 Å². The average molecular weight is 256 g/mol. The molecular weight excluding hydrogens is 235 g/mol. The molecule has 0 spiro atoms. The molecule has 1 heterocycles. The number of hydrogen-bond donors (Lipinski definition) is 1. The summed E-state index contributed by atoms with van der Waals surface area (Å²) in [7, 11) is 0. The second kappa shape index (κ2) is 5.67. The van der Waals surface area contributed by atoms with Crippen LogP contribution < -0.4 is 5.32 Å². The monoisotopic (exact) mass is 256 g/mol. The van der Waals surface area contributed by atoms with Crippen LogP contribution >= 0.6 is 0 Å². The Bertz CT molecular complexity index is 331. The number of alkyl halides is 1. The first-order chi connectivity index (χ1) is 8.69. The van der Waals surface area contributed by atoms with Crippen molar-refractivity contribution in [2.24, 2.45) is 5.92 Å². The molecule has 1 aliphatic heterocycles.